The second-order valence-corrected chi connectivity index (χ2v) is 10.7. The quantitative estimate of drug-likeness (QED) is 0.161. The Hall–Kier alpha value is -5.74. The van der Waals surface area contributed by atoms with Gasteiger partial charge in [0.2, 0.25) is 0 Å². The van der Waals surface area contributed by atoms with Crippen LogP contribution in [0.25, 0.3) is 11.1 Å². The molecule has 44 heavy (non-hydrogen) atoms. The zero-order valence-corrected chi connectivity index (χ0v) is 24.5. The molecule has 0 aromatic heterocycles. The number of carbonyl (C=O) groups excluding carboxylic acids is 2. The van der Waals surface area contributed by atoms with Crippen molar-refractivity contribution in [2.75, 3.05) is 0 Å². The van der Waals surface area contributed by atoms with Crippen LogP contribution in [0.4, 0.5) is 0 Å². The van der Waals surface area contributed by atoms with Crippen molar-refractivity contribution in [3.05, 3.63) is 179 Å². The second-order valence-electron chi connectivity index (χ2n) is 10.7. The van der Waals surface area contributed by atoms with Crippen LogP contribution in [-0.2, 0) is 0 Å². The summed E-state index contributed by atoms with van der Waals surface area (Å²) in [6, 6.07) is 45.2. The normalized spacial score (nSPS) is 10.7. The lowest BCUT2D eigenvalue weighted by Gasteiger charge is -2.10. The van der Waals surface area contributed by atoms with Crippen molar-refractivity contribution in [1.82, 2.24) is 0 Å². The van der Waals surface area contributed by atoms with Gasteiger partial charge in [0.25, 0.3) is 0 Å². The highest BCUT2D eigenvalue weighted by molar-refractivity contribution is 6.09. The van der Waals surface area contributed by atoms with Crippen LogP contribution in [0.1, 0.15) is 43.0 Å². The number of aryl methyl sites for hydroxylation is 2. The average molecular weight is 575 g/mol. The number of ketones is 2. The van der Waals surface area contributed by atoms with Crippen molar-refractivity contribution >= 4 is 11.6 Å². The molecule has 0 saturated heterocycles. The summed E-state index contributed by atoms with van der Waals surface area (Å²) in [5.41, 5.74) is 6.90. The number of carbonyl (C=O) groups is 2. The lowest BCUT2D eigenvalue weighted by atomic mass is 10.0. The van der Waals surface area contributed by atoms with Gasteiger partial charge in [-0.15, -0.1) is 0 Å². The van der Waals surface area contributed by atoms with Gasteiger partial charge in [-0.3, -0.25) is 9.59 Å². The summed E-state index contributed by atoms with van der Waals surface area (Å²) in [6.45, 7) is 4.00. The van der Waals surface area contributed by atoms with Crippen LogP contribution in [-0.4, -0.2) is 11.6 Å². The summed E-state index contributed by atoms with van der Waals surface area (Å²) in [5.74, 6) is 2.70. The highest BCUT2D eigenvalue weighted by Gasteiger charge is 2.11. The van der Waals surface area contributed by atoms with Crippen LogP contribution >= 0.6 is 0 Å². The third-order valence-corrected chi connectivity index (χ3v) is 7.37. The van der Waals surface area contributed by atoms with Crippen LogP contribution in [0.15, 0.2) is 146 Å². The van der Waals surface area contributed by atoms with E-state index in [1.54, 1.807) is 24.3 Å². The van der Waals surface area contributed by atoms with Crippen molar-refractivity contribution in [2.45, 2.75) is 13.8 Å². The fourth-order valence-corrected chi connectivity index (χ4v) is 4.79. The molecule has 0 bridgehead atoms. The largest absolute Gasteiger partial charge is 0.457 e. The third-order valence-electron chi connectivity index (χ3n) is 7.37. The molecule has 0 amide bonds. The first-order valence-corrected chi connectivity index (χ1v) is 14.4. The minimum atomic E-state index is -0.0133. The molecule has 6 aromatic carbocycles. The summed E-state index contributed by atoms with van der Waals surface area (Å²) < 4.78 is 12.0. The highest BCUT2D eigenvalue weighted by Crippen LogP contribution is 2.29. The molecule has 214 valence electrons. The van der Waals surface area contributed by atoms with E-state index < -0.39 is 0 Å². The van der Waals surface area contributed by atoms with Gasteiger partial charge in [0.05, 0.1) is 0 Å². The van der Waals surface area contributed by atoms with Gasteiger partial charge in [0, 0.05) is 22.3 Å². The zero-order chi connectivity index (χ0) is 30.5. The van der Waals surface area contributed by atoms with Crippen molar-refractivity contribution in [3.63, 3.8) is 0 Å². The second kappa shape index (κ2) is 12.6. The molecule has 4 heteroatoms. The molecule has 0 saturated carbocycles. The number of hydrogen-bond acceptors (Lipinski definition) is 4. The van der Waals surface area contributed by atoms with E-state index in [0.717, 1.165) is 22.3 Å². The molecule has 0 unspecified atom stereocenters. The Kier molecular flexibility index (Phi) is 8.15. The maximum atomic E-state index is 12.7. The number of rotatable bonds is 9. The molecule has 0 atom stereocenters. The van der Waals surface area contributed by atoms with E-state index in [9.17, 15) is 9.59 Å². The molecule has 0 spiro atoms. The predicted molar refractivity (Wildman–Crippen MR) is 174 cm³/mol. The van der Waals surface area contributed by atoms with Crippen molar-refractivity contribution in [3.8, 4) is 34.1 Å². The zero-order valence-electron chi connectivity index (χ0n) is 24.5. The van der Waals surface area contributed by atoms with E-state index in [1.165, 1.54) is 0 Å². The number of hydrogen-bond donors (Lipinski definition) is 0. The van der Waals surface area contributed by atoms with Crippen molar-refractivity contribution < 1.29 is 19.1 Å². The fourth-order valence-electron chi connectivity index (χ4n) is 4.79. The Morgan fingerprint density at radius 1 is 0.341 bits per heavy atom. The highest BCUT2D eigenvalue weighted by atomic mass is 16.5. The van der Waals surface area contributed by atoms with Gasteiger partial charge in [0.1, 0.15) is 23.0 Å². The molecule has 6 rings (SSSR count). The first kappa shape index (κ1) is 28.4. The molecule has 0 N–H and O–H groups in total. The first-order valence-electron chi connectivity index (χ1n) is 14.4. The Balaban J connectivity index is 1.05. The SMILES string of the molecule is Cc1ccc(C(=O)c2ccc(Oc3ccc(-c4ccc(Oc5ccc(C(=O)c6ccc(C)cc6)cc5)cc4)cc3)cc2)cc1. The topological polar surface area (TPSA) is 52.6 Å². The third kappa shape index (κ3) is 6.66. The van der Waals surface area contributed by atoms with Gasteiger partial charge >= 0.3 is 0 Å². The van der Waals surface area contributed by atoms with Gasteiger partial charge in [0.15, 0.2) is 11.6 Å². The van der Waals surface area contributed by atoms with Crippen LogP contribution in [0, 0.1) is 13.8 Å². The van der Waals surface area contributed by atoms with Crippen LogP contribution in [0.2, 0.25) is 0 Å². The molecule has 4 nitrogen and oxygen atoms in total. The van der Waals surface area contributed by atoms with Gasteiger partial charge in [-0.1, -0.05) is 83.9 Å². The molecule has 0 aliphatic rings. The molecule has 0 fully saturated rings. The van der Waals surface area contributed by atoms with E-state index in [4.69, 9.17) is 9.47 Å². The monoisotopic (exact) mass is 574 g/mol. The lowest BCUT2D eigenvalue weighted by molar-refractivity contribution is 0.103. The van der Waals surface area contributed by atoms with E-state index in [1.807, 2.05) is 135 Å². The Morgan fingerprint density at radius 2 is 0.568 bits per heavy atom. The fraction of sp³-hybridized carbons (Fsp3) is 0.0500. The maximum absolute atomic E-state index is 12.7. The van der Waals surface area contributed by atoms with E-state index in [2.05, 4.69) is 0 Å². The smallest absolute Gasteiger partial charge is 0.193 e. The summed E-state index contributed by atoms with van der Waals surface area (Å²) in [4.78, 5) is 25.5. The average Bonchev–Trinajstić information content (AvgIpc) is 3.06. The predicted octanol–water partition coefficient (Wildman–Crippen LogP) is 10.0. The molecule has 0 aliphatic heterocycles. The van der Waals surface area contributed by atoms with Gasteiger partial charge in [-0.2, -0.15) is 0 Å². The van der Waals surface area contributed by atoms with Crippen LogP contribution in [0.3, 0.4) is 0 Å². The molecular weight excluding hydrogens is 544 g/mol. The maximum Gasteiger partial charge on any atom is 0.193 e. The van der Waals surface area contributed by atoms with E-state index in [0.29, 0.717) is 45.3 Å². The number of benzene rings is 6. The standard InChI is InChI=1S/C40H30O4/c1-27-3-7-31(8-4-27)39(41)33-15-23-37(24-16-33)43-35-19-11-29(12-20-35)30-13-21-36(22-14-30)44-38-25-17-34(18-26-38)40(42)32-9-5-28(2)6-10-32/h3-26H,1-2H3. The van der Waals surface area contributed by atoms with E-state index in [-0.39, 0.29) is 11.6 Å². The summed E-state index contributed by atoms with van der Waals surface area (Å²) in [6.07, 6.45) is 0. The van der Waals surface area contributed by atoms with Crippen molar-refractivity contribution in [1.29, 1.82) is 0 Å². The minimum absolute atomic E-state index is 0.0133. The Bertz CT molecular complexity index is 1740. The summed E-state index contributed by atoms with van der Waals surface area (Å²) >= 11 is 0. The summed E-state index contributed by atoms with van der Waals surface area (Å²) in [5, 5.41) is 0. The molecule has 0 heterocycles. The van der Waals surface area contributed by atoms with Crippen LogP contribution in [0.5, 0.6) is 23.0 Å². The van der Waals surface area contributed by atoms with Gasteiger partial charge in [-0.05, 0) is 97.8 Å². The molecule has 0 aliphatic carbocycles. The Morgan fingerprint density at radius 3 is 0.841 bits per heavy atom. The molecular formula is C40H30O4. The van der Waals surface area contributed by atoms with Crippen molar-refractivity contribution in [2.24, 2.45) is 0 Å². The van der Waals surface area contributed by atoms with Gasteiger partial charge in [-0.25, -0.2) is 0 Å². The molecule has 0 radical (unpaired) electrons. The van der Waals surface area contributed by atoms with E-state index >= 15 is 0 Å². The molecule has 6 aromatic rings. The number of ether oxygens (including phenoxy) is 2. The minimum Gasteiger partial charge on any atom is -0.457 e. The lowest BCUT2D eigenvalue weighted by Crippen LogP contribution is -2.00. The Labute approximate surface area is 257 Å². The first-order chi connectivity index (χ1) is 21.4. The van der Waals surface area contributed by atoms with Gasteiger partial charge < -0.3 is 9.47 Å². The summed E-state index contributed by atoms with van der Waals surface area (Å²) in [7, 11) is 0. The van der Waals surface area contributed by atoms with Crippen LogP contribution < -0.4 is 9.47 Å².